The van der Waals surface area contributed by atoms with Crippen LogP contribution in [0, 0.1) is 0 Å². The van der Waals surface area contributed by atoms with Crippen molar-refractivity contribution in [2.45, 2.75) is 10.9 Å². The second kappa shape index (κ2) is 9.53. The van der Waals surface area contributed by atoms with Gasteiger partial charge in [0.25, 0.3) is 5.82 Å². The molecule has 0 saturated carbocycles. The van der Waals surface area contributed by atoms with Crippen LogP contribution in [0.4, 0.5) is 5.82 Å². The molecule has 3 N–H and O–H groups in total. The first kappa shape index (κ1) is 21.5. The fraction of sp³-hybridized carbons (Fsp3) is 0.450. The fourth-order valence-corrected chi connectivity index (χ4v) is 4.70. The molecule has 9 heteroatoms. The zero-order valence-electron chi connectivity index (χ0n) is 17.1. The number of hydrogen-bond donors (Lipinski definition) is 2. The summed E-state index contributed by atoms with van der Waals surface area (Å²) in [6.07, 6.45) is 1.54. The highest BCUT2D eigenvalue weighted by Gasteiger charge is 2.27. The van der Waals surface area contributed by atoms with E-state index in [4.69, 9.17) is 9.47 Å². The minimum Gasteiger partial charge on any atom is -0.497 e. The lowest BCUT2D eigenvalue weighted by Gasteiger charge is -2.25. The second-order valence-electron chi connectivity index (χ2n) is 7.24. The van der Waals surface area contributed by atoms with Crippen LogP contribution in [0.5, 0.6) is 5.75 Å². The molecular weight excluding hydrogens is 392 g/mol. The van der Waals surface area contributed by atoms with E-state index in [1.807, 2.05) is 12.1 Å². The monoisotopic (exact) mass is 422 g/mol. The lowest BCUT2D eigenvalue weighted by molar-refractivity contribution is -0.890. The summed E-state index contributed by atoms with van der Waals surface area (Å²) in [7, 11) is 2.38. The van der Waals surface area contributed by atoms with Crippen LogP contribution in [0.1, 0.15) is 11.6 Å². The van der Waals surface area contributed by atoms with E-state index in [0.29, 0.717) is 32.8 Å². The molecule has 29 heavy (non-hydrogen) atoms. The molecule has 0 unspecified atom stereocenters. The van der Waals surface area contributed by atoms with E-state index < -0.39 is 10.0 Å². The summed E-state index contributed by atoms with van der Waals surface area (Å²) in [4.78, 5) is 4.61. The number of ether oxygens (including phenoxy) is 2. The topological polar surface area (TPSA) is 86.5 Å². The molecule has 158 valence electrons. The van der Waals surface area contributed by atoms with Crippen molar-refractivity contribution in [2.75, 3.05) is 59.4 Å². The number of nitrogens with one attached hydrogen (secondary N) is 3. The molecular formula is C20H30N4O4S+2. The van der Waals surface area contributed by atoms with E-state index in [1.165, 1.54) is 21.0 Å². The Morgan fingerprint density at radius 1 is 1.17 bits per heavy atom. The molecule has 1 aromatic carbocycles. The summed E-state index contributed by atoms with van der Waals surface area (Å²) in [6.45, 7) is 2.33. The predicted molar refractivity (Wildman–Crippen MR) is 110 cm³/mol. The molecule has 0 amide bonds. The molecule has 3 rings (SSSR count). The summed E-state index contributed by atoms with van der Waals surface area (Å²) >= 11 is 0. The number of quaternary nitrogens is 1. The van der Waals surface area contributed by atoms with Gasteiger partial charge in [0.05, 0.1) is 34.4 Å². The molecule has 0 spiro atoms. The Morgan fingerprint density at radius 3 is 2.41 bits per heavy atom. The summed E-state index contributed by atoms with van der Waals surface area (Å²) in [5.41, 5.74) is 1.20. The SMILES string of the molecule is COc1ccc([C@H](CNc2ccc(S(=O)(=O)N3CCOCC3)c[nH+]2)[NH+](C)C)cc1. The third-order valence-corrected chi connectivity index (χ3v) is 7.00. The van der Waals surface area contributed by atoms with E-state index in [-0.39, 0.29) is 10.9 Å². The van der Waals surface area contributed by atoms with E-state index in [2.05, 4.69) is 36.5 Å². The molecule has 2 aromatic rings. The quantitative estimate of drug-likeness (QED) is 0.617. The number of nitrogens with zero attached hydrogens (tertiary/aromatic N) is 1. The maximum absolute atomic E-state index is 12.7. The summed E-state index contributed by atoms with van der Waals surface area (Å²) < 4.78 is 37.3. The first-order chi connectivity index (χ1) is 13.9. The van der Waals surface area contributed by atoms with Crippen LogP contribution >= 0.6 is 0 Å². The number of anilines is 1. The van der Waals surface area contributed by atoms with Crippen molar-refractivity contribution >= 4 is 15.8 Å². The molecule has 0 radical (unpaired) electrons. The average Bonchev–Trinajstić information content (AvgIpc) is 2.75. The zero-order valence-corrected chi connectivity index (χ0v) is 18.0. The number of benzene rings is 1. The number of aromatic amines is 1. The normalized spacial score (nSPS) is 16.6. The summed E-state index contributed by atoms with van der Waals surface area (Å²) in [6, 6.07) is 11.7. The molecule has 1 aliphatic rings. The highest BCUT2D eigenvalue weighted by atomic mass is 32.2. The number of pyridine rings is 1. The fourth-order valence-electron chi connectivity index (χ4n) is 3.32. The molecule has 2 heterocycles. The van der Waals surface area contributed by atoms with Crippen LogP contribution < -0.4 is 19.9 Å². The number of likely N-dealkylation sites (N-methyl/N-ethyl adjacent to an activating group) is 1. The average molecular weight is 423 g/mol. The van der Waals surface area contributed by atoms with Crippen molar-refractivity contribution in [1.29, 1.82) is 0 Å². The third-order valence-electron chi connectivity index (χ3n) is 5.10. The first-order valence-corrected chi connectivity index (χ1v) is 11.1. The number of rotatable bonds is 8. The van der Waals surface area contributed by atoms with Crippen LogP contribution in [-0.4, -0.2) is 66.8 Å². The van der Waals surface area contributed by atoms with Gasteiger partial charge in [0, 0.05) is 24.7 Å². The summed E-state index contributed by atoms with van der Waals surface area (Å²) in [5.74, 6) is 1.60. The van der Waals surface area contributed by atoms with Gasteiger partial charge in [0.2, 0.25) is 10.0 Å². The number of aromatic nitrogens is 1. The van der Waals surface area contributed by atoms with E-state index in [0.717, 1.165) is 11.6 Å². The minimum absolute atomic E-state index is 0.228. The number of sulfonamides is 1. The summed E-state index contributed by atoms with van der Waals surface area (Å²) in [5, 5.41) is 3.38. The molecule has 1 saturated heterocycles. The Bertz CT molecular complexity index is 880. The van der Waals surface area contributed by atoms with Gasteiger partial charge in [-0.15, -0.1) is 0 Å². The maximum atomic E-state index is 12.7. The highest BCUT2D eigenvalue weighted by Crippen LogP contribution is 2.18. The Hall–Kier alpha value is -2.20. The standard InChI is InChI=1S/C20H28N4O4S/c1-23(2)19(16-4-6-17(27-3)7-5-16)15-22-20-9-8-18(14-21-20)29(25,26)24-10-12-28-13-11-24/h4-9,14,19H,10-13,15H2,1-3H3,(H,21,22)/p+2/t19-/m0/s1. The molecule has 1 atom stereocenters. The molecule has 1 fully saturated rings. The van der Waals surface area contributed by atoms with Crippen LogP contribution in [0.3, 0.4) is 0 Å². The van der Waals surface area contributed by atoms with Gasteiger partial charge in [-0.05, 0) is 30.3 Å². The van der Waals surface area contributed by atoms with Crippen LogP contribution in [0.15, 0.2) is 47.5 Å². The Kier molecular flexibility index (Phi) is 7.07. The van der Waals surface area contributed by atoms with Gasteiger partial charge in [0.1, 0.15) is 23.4 Å². The van der Waals surface area contributed by atoms with Crippen molar-refractivity contribution in [3.8, 4) is 5.75 Å². The lowest BCUT2D eigenvalue weighted by Crippen LogP contribution is -3.06. The van der Waals surface area contributed by atoms with Gasteiger partial charge in [-0.3, -0.25) is 5.32 Å². The van der Waals surface area contributed by atoms with E-state index >= 15 is 0 Å². The van der Waals surface area contributed by atoms with Gasteiger partial charge in [0.15, 0.2) is 6.04 Å². The van der Waals surface area contributed by atoms with Crippen molar-refractivity contribution in [2.24, 2.45) is 0 Å². The number of methoxy groups -OCH3 is 1. The van der Waals surface area contributed by atoms with Crippen molar-refractivity contribution in [1.82, 2.24) is 4.31 Å². The molecule has 1 aliphatic heterocycles. The second-order valence-corrected chi connectivity index (χ2v) is 9.18. The Labute approximate surface area is 172 Å². The Morgan fingerprint density at radius 2 is 1.86 bits per heavy atom. The predicted octanol–water partition coefficient (Wildman–Crippen LogP) is -0.172. The lowest BCUT2D eigenvalue weighted by atomic mass is 10.1. The third kappa shape index (κ3) is 5.24. The molecule has 0 bridgehead atoms. The van der Waals surface area contributed by atoms with Crippen LogP contribution in [0.25, 0.3) is 0 Å². The minimum atomic E-state index is -3.49. The van der Waals surface area contributed by atoms with Gasteiger partial charge >= 0.3 is 0 Å². The van der Waals surface area contributed by atoms with Gasteiger partial charge < -0.3 is 14.4 Å². The van der Waals surface area contributed by atoms with Gasteiger partial charge in [-0.2, -0.15) is 4.31 Å². The van der Waals surface area contributed by atoms with Gasteiger partial charge in [-0.25, -0.2) is 13.4 Å². The van der Waals surface area contributed by atoms with E-state index in [1.54, 1.807) is 19.2 Å². The van der Waals surface area contributed by atoms with E-state index in [9.17, 15) is 8.42 Å². The molecule has 8 nitrogen and oxygen atoms in total. The number of morpholine rings is 1. The maximum Gasteiger partial charge on any atom is 0.272 e. The van der Waals surface area contributed by atoms with Gasteiger partial charge in [-0.1, -0.05) is 0 Å². The Balaban J connectivity index is 1.66. The zero-order chi connectivity index (χ0) is 20.9. The highest BCUT2D eigenvalue weighted by molar-refractivity contribution is 7.89. The van der Waals surface area contributed by atoms with Crippen LogP contribution in [-0.2, 0) is 14.8 Å². The smallest absolute Gasteiger partial charge is 0.272 e. The van der Waals surface area contributed by atoms with Crippen LogP contribution in [0.2, 0.25) is 0 Å². The molecule has 1 aromatic heterocycles. The largest absolute Gasteiger partial charge is 0.497 e. The number of H-pyrrole nitrogens is 1. The molecule has 0 aliphatic carbocycles. The van der Waals surface area contributed by atoms with Crippen molar-refractivity contribution in [3.63, 3.8) is 0 Å². The number of hydrogen-bond acceptors (Lipinski definition) is 5. The van der Waals surface area contributed by atoms with Crippen molar-refractivity contribution in [3.05, 3.63) is 48.2 Å². The first-order valence-electron chi connectivity index (χ1n) is 9.69. The van der Waals surface area contributed by atoms with Crippen molar-refractivity contribution < 1.29 is 27.8 Å².